The van der Waals surface area contributed by atoms with Crippen LogP contribution < -0.4 is 29.6 Å². The molecule has 0 aliphatic carbocycles. The van der Waals surface area contributed by atoms with E-state index in [2.05, 4.69) is 90.3 Å². The molecule has 4 rings (SSSR count). The average molecular weight is 1240 g/mol. The molecule has 4 N–H and O–H groups in total. The van der Waals surface area contributed by atoms with Crippen molar-refractivity contribution in [2.45, 2.75) is 210 Å². The Morgan fingerprint density at radius 3 is 1.10 bits per heavy atom. The molecule has 0 spiro atoms. The molecule has 2 amide bonds. The van der Waals surface area contributed by atoms with Crippen molar-refractivity contribution in [2.75, 3.05) is 65.5 Å². The van der Waals surface area contributed by atoms with Gasteiger partial charge in [-0.1, -0.05) is 118 Å². The first-order valence-corrected chi connectivity index (χ1v) is 33.0. The molecule has 0 aromatic heterocycles. The Balaban J connectivity index is 1.70. The Morgan fingerprint density at radius 2 is 0.787 bits per heavy atom. The number of ether oxygens (including phenoxy) is 9. The summed E-state index contributed by atoms with van der Waals surface area (Å²) in [6, 6.07) is 23.2. The fourth-order valence-electron chi connectivity index (χ4n) is 11.5. The molecule has 6 atom stereocenters. The van der Waals surface area contributed by atoms with Crippen LogP contribution in [0.3, 0.4) is 0 Å². The summed E-state index contributed by atoms with van der Waals surface area (Å²) in [6.07, 6.45) is 10.6. The van der Waals surface area contributed by atoms with Crippen molar-refractivity contribution in [1.82, 2.24) is 0 Å². The third-order valence-corrected chi connectivity index (χ3v) is 16.9. The fourth-order valence-corrected chi connectivity index (χ4v) is 11.5. The van der Waals surface area contributed by atoms with Gasteiger partial charge in [0.2, 0.25) is 0 Å². The maximum Gasteiger partial charge on any atom is 0.412 e. The number of anilines is 2. The van der Waals surface area contributed by atoms with Crippen molar-refractivity contribution in [2.24, 2.45) is 47.3 Å². The molecule has 0 bridgehead atoms. The number of methoxy groups -OCH3 is 4. The van der Waals surface area contributed by atoms with Gasteiger partial charge in [-0.25, -0.2) is 9.59 Å². The highest BCUT2D eigenvalue weighted by atomic mass is 16.6. The minimum atomic E-state index is -0.764. The molecule has 0 aliphatic rings. The Hall–Kier alpha value is -5.90. The second kappa shape index (κ2) is 38.1. The number of benzene rings is 4. The molecule has 2 unspecified atom stereocenters. The summed E-state index contributed by atoms with van der Waals surface area (Å²) < 4.78 is 53.1. The number of rotatable bonds is 40. The van der Waals surface area contributed by atoms with E-state index in [1.54, 1.807) is 94.2 Å². The van der Waals surface area contributed by atoms with Gasteiger partial charge in [0.25, 0.3) is 0 Å². The van der Waals surface area contributed by atoms with Gasteiger partial charge in [0.1, 0.15) is 22.7 Å². The largest absolute Gasteiger partial charge is 0.506 e. The molecule has 0 saturated heterocycles. The van der Waals surface area contributed by atoms with Crippen LogP contribution in [0.1, 0.15) is 208 Å². The predicted octanol–water partition coefficient (Wildman–Crippen LogP) is 18.9. The minimum Gasteiger partial charge on any atom is -0.506 e. The average Bonchev–Trinajstić information content (AvgIpc) is 2.46. The number of carbonyl (C=O) groups is 2. The molecule has 4 aromatic rings. The molecule has 89 heavy (non-hydrogen) atoms. The second-order valence-corrected chi connectivity index (χ2v) is 27.7. The number of amides is 2. The minimum absolute atomic E-state index is 0.0945. The molecular weight excluding hydrogens is 1120 g/mol. The quantitative estimate of drug-likeness (QED) is 0.0244. The van der Waals surface area contributed by atoms with E-state index in [0.717, 1.165) is 111 Å². The third-order valence-electron chi connectivity index (χ3n) is 16.9. The number of hydrogen-bond donors (Lipinski definition) is 4. The van der Waals surface area contributed by atoms with Crippen molar-refractivity contribution in [3.8, 4) is 34.5 Å². The standard InChI is InChI=1S/C74H116N2O13/c1-49(2)55(41-53-29-35-65(83-17)69(43-53)85-39-23-37-81-15)25-19-21-27-57(51(5)6)47-67(59-31-33-63(77)61(45-59)75-71(79)88-73(9,10)11)87-68(60-32-34-64(78)62(46-60)76-72(80)89-74(12,13)14)48-58(52(7)8)28-22-20-26-56(50(3)4)42-54-30-36-66(84-18)70(44-54)86-40-24-38-82-16/h29-36,43-46,49-52,55-58,67-68,77-78H,19-28,37-42,47-48H2,1-18H3,(H,75,79)(H,76,80)/t55-,56-,57-,58-,67?,68?/m0/s1. The van der Waals surface area contributed by atoms with Crippen molar-refractivity contribution < 1.29 is 62.4 Å². The number of phenolic OH excluding ortho intramolecular Hbond substituents is 2. The SMILES string of the molecule is COCCCOc1cc(C[C@H](CCCC[C@@H](CC(OC(C[C@H](CCCC[C@@H](Cc2ccc(OC)c(OCCCOC)c2)C(C)C)C(C)C)c2ccc(O)c(NC(=O)OC(C)(C)C)c2)c2ccc(O)c(NC(=O)OC(C)(C)C)c2)C(C)C)C(C)C)ccc1OC. The number of aromatic hydroxyl groups is 2. The molecule has 15 heteroatoms. The van der Waals surface area contributed by atoms with E-state index in [9.17, 15) is 19.8 Å². The Bertz CT molecular complexity index is 2510. The lowest BCUT2D eigenvalue weighted by atomic mass is 9.81. The topological polar surface area (TPSA) is 182 Å². The molecule has 0 fully saturated rings. The molecule has 4 aromatic carbocycles. The summed E-state index contributed by atoms with van der Waals surface area (Å²) in [5, 5.41) is 28.2. The molecular formula is C74H116N2O13. The van der Waals surface area contributed by atoms with Crippen LogP contribution in [0.15, 0.2) is 72.8 Å². The number of unbranched alkanes of at least 4 members (excludes halogenated alkanes) is 2. The Morgan fingerprint density at radius 1 is 0.438 bits per heavy atom. The third kappa shape index (κ3) is 27.6. The van der Waals surface area contributed by atoms with Gasteiger partial charge < -0.3 is 52.8 Å². The molecule has 0 heterocycles. The fraction of sp³-hybridized carbons (Fsp3) is 0.649. The van der Waals surface area contributed by atoms with Crippen molar-refractivity contribution in [1.29, 1.82) is 0 Å². The highest BCUT2D eigenvalue weighted by Crippen LogP contribution is 2.44. The maximum atomic E-state index is 13.3. The Kier molecular flexibility index (Phi) is 32.3. The lowest BCUT2D eigenvalue weighted by Crippen LogP contribution is -2.27. The summed E-state index contributed by atoms with van der Waals surface area (Å²) in [7, 11) is 6.75. The van der Waals surface area contributed by atoms with Gasteiger partial charge in [-0.3, -0.25) is 10.6 Å². The van der Waals surface area contributed by atoms with Gasteiger partial charge in [-0.15, -0.1) is 0 Å². The van der Waals surface area contributed by atoms with Crippen molar-refractivity contribution in [3.63, 3.8) is 0 Å². The van der Waals surface area contributed by atoms with Gasteiger partial charge in [0.15, 0.2) is 23.0 Å². The van der Waals surface area contributed by atoms with E-state index in [1.807, 2.05) is 24.3 Å². The van der Waals surface area contributed by atoms with E-state index in [0.29, 0.717) is 74.8 Å². The van der Waals surface area contributed by atoms with Gasteiger partial charge >= 0.3 is 12.2 Å². The van der Waals surface area contributed by atoms with E-state index in [-0.39, 0.29) is 34.7 Å². The monoisotopic (exact) mass is 1240 g/mol. The van der Waals surface area contributed by atoms with Crippen LogP contribution in [-0.2, 0) is 36.5 Å². The van der Waals surface area contributed by atoms with Crippen molar-refractivity contribution >= 4 is 23.6 Å². The summed E-state index contributed by atoms with van der Waals surface area (Å²) in [5.41, 5.74) is 2.95. The normalized spacial score (nSPS) is 14.1. The molecule has 500 valence electrons. The number of carbonyl (C=O) groups excluding carboxylic acids is 2. The first-order chi connectivity index (χ1) is 42.1. The molecule has 15 nitrogen and oxygen atoms in total. The first-order valence-electron chi connectivity index (χ1n) is 33.0. The van der Waals surface area contributed by atoms with Crippen LogP contribution >= 0.6 is 0 Å². The zero-order chi connectivity index (χ0) is 65.8. The highest BCUT2D eigenvalue weighted by molar-refractivity contribution is 5.87. The second-order valence-electron chi connectivity index (χ2n) is 27.7. The molecule has 0 radical (unpaired) electrons. The summed E-state index contributed by atoms with van der Waals surface area (Å²) >= 11 is 0. The predicted molar refractivity (Wildman–Crippen MR) is 359 cm³/mol. The molecule has 0 aliphatic heterocycles. The van der Waals surface area contributed by atoms with Gasteiger partial charge in [-0.2, -0.15) is 0 Å². The van der Waals surface area contributed by atoms with E-state index in [1.165, 1.54) is 11.1 Å². The summed E-state index contributed by atoms with van der Waals surface area (Å²) in [6.45, 7) is 31.5. The Labute approximate surface area is 536 Å². The lowest BCUT2D eigenvalue weighted by Gasteiger charge is -2.33. The maximum absolute atomic E-state index is 13.3. The van der Waals surface area contributed by atoms with Crippen LogP contribution in [0.25, 0.3) is 0 Å². The van der Waals surface area contributed by atoms with Crippen LogP contribution in [0.5, 0.6) is 34.5 Å². The zero-order valence-electron chi connectivity index (χ0n) is 57.8. The number of nitrogens with one attached hydrogen (secondary N) is 2. The van der Waals surface area contributed by atoms with E-state index < -0.39 is 35.6 Å². The van der Waals surface area contributed by atoms with Crippen LogP contribution in [0, 0.1) is 47.3 Å². The van der Waals surface area contributed by atoms with Crippen molar-refractivity contribution in [3.05, 3.63) is 95.1 Å². The summed E-state index contributed by atoms with van der Waals surface area (Å²) in [4.78, 5) is 26.6. The van der Waals surface area contributed by atoms with Gasteiger partial charge in [-0.05, 0) is 198 Å². The van der Waals surface area contributed by atoms with Crippen LogP contribution in [0.2, 0.25) is 0 Å². The summed E-state index contributed by atoms with van der Waals surface area (Å²) in [5.74, 6) is 5.69. The first kappa shape index (κ1) is 75.6. The zero-order valence-corrected chi connectivity index (χ0v) is 57.8. The van der Waals surface area contributed by atoms with Gasteiger partial charge in [0.05, 0.1) is 51.0 Å². The van der Waals surface area contributed by atoms with E-state index in [4.69, 9.17) is 42.6 Å². The lowest BCUT2D eigenvalue weighted by molar-refractivity contribution is -0.0461. The molecule has 0 saturated carbocycles. The van der Waals surface area contributed by atoms with Crippen LogP contribution in [-0.4, -0.2) is 88.5 Å². The van der Waals surface area contributed by atoms with E-state index >= 15 is 0 Å². The number of hydrogen-bond acceptors (Lipinski definition) is 13. The van der Waals surface area contributed by atoms with Gasteiger partial charge in [0, 0.05) is 40.3 Å². The number of phenols is 2. The smallest absolute Gasteiger partial charge is 0.412 e. The van der Waals surface area contributed by atoms with Crippen LogP contribution in [0.4, 0.5) is 21.0 Å². The highest BCUT2D eigenvalue weighted by Gasteiger charge is 2.31.